The van der Waals surface area contributed by atoms with Gasteiger partial charge in [-0.15, -0.1) is 12.4 Å². The van der Waals surface area contributed by atoms with Crippen molar-refractivity contribution in [1.82, 2.24) is 10.6 Å². The fraction of sp³-hybridized carbons (Fsp3) is 0.312. The van der Waals surface area contributed by atoms with Crippen LogP contribution in [-0.2, 0) is 0 Å². The van der Waals surface area contributed by atoms with Gasteiger partial charge in [-0.25, -0.2) is 0 Å². The Hall–Kier alpha value is -1.82. The minimum atomic E-state index is -0.407. The summed E-state index contributed by atoms with van der Waals surface area (Å²) >= 11 is 0. The van der Waals surface area contributed by atoms with E-state index in [4.69, 9.17) is 4.42 Å². The number of hydrogen-bond donors (Lipinski definition) is 3. The van der Waals surface area contributed by atoms with Crippen LogP contribution in [0.15, 0.2) is 47.1 Å². The molecule has 3 rings (SSSR count). The van der Waals surface area contributed by atoms with Crippen molar-refractivity contribution >= 4 is 18.3 Å². The first-order valence-corrected chi connectivity index (χ1v) is 7.05. The Morgan fingerprint density at radius 3 is 2.73 bits per heavy atom. The number of amides is 1. The minimum absolute atomic E-state index is 0. The van der Waals surface area contributed by atoms with Gasteiger partial charge in [0.25, 0.3) is 5.91 Å². The fourth-order valence-corrected chi connectivity index (χ4v) is 2.56. The summed E-state index contributed by atoms with van der Waals surface area (Å²) in [5.41, 5.74) is 1.72. The second kappa shape index (κ2) is 7.45. The number of aliphatic hydroxyl groups is 1. The van der Waals surface area contributed by atoms with Crippen LogP contribution >= 0.6 is 12.4 Å². The molecule has 6 heteroatoms. The summed E-state index contributed by atoms with van der Waals surface area (Å²) in [6.45, 7) is 1.73. The van der Waals surface area contributed by atoms with Gasteiger partial charge in [-0.3, -0.25) is 4.79 Å². The number of halogens is 1. The number of nitrogens with one attached hydrogen (secondary N) is 2. The first-order chi connectivity index (χ1) is 10.3. The standard InChI is InChI=1S/C16H18N2O3.ClH/c19-14-10-17-8-12(14)9-18-16(20)15-13(6-7-21-15)11-4-2-1-3-5-11;/h1-7,12,14,17,19H,8-10H2,(H,18,20);1H. The van der Waals surface area contributed by atoms with E-state index in [1.165, 1.54) is 6.26 Å². The Balaban J connectivity index is 0.00000176. The first kappa shape index (κ1) is 16.5. The lowest BCUT2D eigenvalue weighted by Crippen LogP contribution is -2.34. The third-order valence-corrected chi connectivity index (χ3v) is 3.79. The molecule has 5 nitrogen and oxygen atoms in total. The van der Waals surface area contributed by atoms with Crippen LogP contribution in [0, 0.1) is 5.92 Å². The lowest BCUT2D eigenvalue weighted by Gasteiger charge is -2.13. The number of aliphatic hydroxyl groups excluding tert-OH is 1. The SMILES string of the molecule is Cl.O=C(NCC1CNCC1O)c1occc1-c1ccccc1. The van der Waals surface area contributed by atoms with Crippen molar-refractivity contribution < 1.29 is 14.3 Å². The van der Waals surface area contributed by atoms with Crippen molar-refractivity contribution in [3.63, 3.8) is 0 Å². The quantitative estimate of drug-likeness (QED) is 0.800. The molecule has 22 heavy (non-hydrogen) atoms. The number of carbonyl (C=O) groups is 1. The zero-order chi connectivity index (χ0) is 14.7. The number of β-amino-alcohol motifs (C(OH)–C–C–N with tert-alkyl or cyclic N) is 1. The van der Waals surface area contributed by atoms with E-state index in [0.29, 0.717) is 25.4 Å². The highest BCUT2D eigenvalue weighted by Crippen LogP contribution is 2.24. The number of carbonyl (C=O) groups excluding carboxylic acids is 1. The van der Waals surface area contributed by atoms with Crippen LogP contribution in [0.3, 0.4) is 0 Å². The molecule has 1 aliphatic rings. The van der Waals surface area contributed by atoms with E-state index in [1.54, 1.807) is 6.07 Å². The molecule has 3 N–H and O–H groups in total. The first-order valence-electron chi connectivity index (χ1n) is 7.05. The van der Waals surface area contributed by atoms with Crippen molar-refractivity contribution in [3.8, 4) is 11.1 Å². The average Bonchev–Trinajstić information content (AvgIpc) is 3.15. The zero-order valence-corrected chi connectivity index (χ0v) is 12.8. The second-order valence-corrected chi connectivity index (χ2v) is 5.23. The number of hydrogen-bond acceptors (Lipinski definition) is 4. The molecule has 1 amide bonds. The van der Waals surface area contributed by atoms with Gasteiger partial charge >= 0.3 is 0 Å². The molecule has 2 aromatic rings. The van der Waals surface area contributed by atoms with Crippen LogP contribution in [0.1, 0.15) is 10.6 Å². The lowest BCUT2D eigenvalue weighted by molar-refractivity contribution is 0.0900. The third-order valence-electron chi connectivity index (χ3n) is 3.79. The fourth-order valence-electron chi connectivity index (χ4n) is 2.56. The van der Waals surface area contributed by atoms with Crippen molar-refractivity contribution in [2.24, 2.45) is 5.92 Å². The molecular formula is C16H19ClN2O3. The second-order valence-electron chi connectivity index (χ2n) is 5.23. The van der Waals surface area contributed by atoms with Gasteiger partial charge in [-0.1, -0.05) is 30.3 Å². The number of benzene rings is 1. The van der Waals surface area contributed by atoms with Crippen molar-refractivity contribution in [2.75, 3.05) is 19.6 Å². The molecule has 1 fully saturated rings. The topological polar surface area (TPSA) is 74.5 Å². The molecule has 118 valence electrons. The molecule has 0 spiro atoms. The maximum atomic E-state index is 12.3. The maximum absolute atomic E-state index is 12.3. The molecule has 0 bridgehead atoms. The van der Waals surface area contributed by atoms with Crippen LogP contribution < -0.4 is 10.6 Å². The van der Waals surface area contributed by atoms with Gasteiger partial charge in [0.05, 0.1) is 12.4 Å². The predicted octanol–water partition coefficient (Wildman–Crippen LogP) is 1.68. The highest BCUT2D eigenvalue weighted by Gasteiger charge is 2.26. The molecule has 2 heterocycles. The summed E-state index contributed by atoms with van der Waals surface area (Å²) in [5, 5.41) is 15.7. The van der Waals surface area contributed by atoms with E-state index in [9.17, 15) is 9.90 Å². The molecular weight excluding hydrogens is 304 g/mol. The molecule has 1 aromatic carbocycles. The Morgan fingerprint density at radius 2 is 2.05 bits per heavy atom. The van der Waals surface area contributed by atoms with Crippen LogP contribution in [0.5, 0.6) is 0 Å². The van der Waals surface area contributed by atoms with Crippen molar-refractivity contribution in [1.29, 1.82) is 0 Å². The molecule has 2 atom stereocenters. The van der Waals surface area contributed by atoms with E-state index in [1.807, 2.05) is 30.3 Å². The van der Waals surface area contributed by atoms with Crippen LogP contribution in [-0.4, -0.2) is 36.8 Å². The highest BCUT2D eigenvalue weighted by atomic mass is 35.5. The molecule has 0 radical (unpaired) electrons. The van der Waals surface area contributed by atoms with E-state index < -0.39 is 6.10 Å². The Kier molecular flexibility index (Phi) is 5.60. The van der Waals surface area contributed by atoms with Gasteiger partial charge in [0.2, 0.25) is 0 Å². The molecule has 1 aliphatic heterocycles. The molecule has 0 saturated carbocycles. The average molecular weight is 323 g/mol. The van der Waals surface area contributed by atoms with E-state index >= 15 is 0 Å². The van der Waals surface area contributed by atoms with Gasteiger partial charge in [0, 0.05) is 31.1 Å². The van der Waals surface area contributed by atoms with Crippen LogP contribution in [0.2, 0.25) is 0 Å². The zero-order valence-electron chi connectivity index (χ0n) is 12.0. The molecule has 1 saturated heterocycles. The Labute approximate surface area is 135 Å². The van der Waals surface area contributed by atoms with Gasteiger partial charge < -0.3 is 20.2 Å². The van der Waals surface area contributed by atoms with E-state index in [-0.39, 0.29) is 24.2 Å². The molecule has 1 aromatic heterocycles. The summed E-state index contributed by atoms with van der Waals surface area (Å²) in [6, 6.07) is 11.4. The van der Waals surface area contributed by atoms with Crippen molar-refractivity contribution in [2.45, 2.75) is 6.10 Å². The lowest BCUT2D eigenvalue weighted by atomic mass is 10.1. The van der Waals surface area contributed by atoms with Crippen molar-refractivity contribution in [3.05, 3.63) is 48.4 Å². The number of rotatable bonds is 4. The third kappa shape index (κ3) is 3.50. The van der Waals surface area contributed by atoms with E-state index in [2.05, 4.69) is 10.6 Å². The summed E-state index contributed by atoms with van der Waals surface area (Å²) in [5.74, 6) is 0.101. The molecule has 0 aliphatic carbocycles. The Bertz CT molecular complexity index is 615. The van der Waals surface area contributed by atoms with Gasteiger partial charge in [0.15, 0.2) is 5.76 Å². The normalized spacial score (nSPS) is 20.4. The number of furan rings is 1. The van der Waals surface area contributed by atoms with Gasteiger partial charge in [0.1, 0.15) is 0 Å². The highest BCUT2D eigenvalue weighted by molar-refractivity contribution is 5.98. The van der Waals surface area contributed by atoms with Gasteiger partial charge in [-0.05, 0) is 11.6 Å². The summed E-state index contributed by atoms with van der Waals surface area (Å²) in [7, 11) is 0. The van der Waals surface area contributed by atoms with Gasteiger partial charge in [-0.2, -0.15) is 0 Å². The Morgan fingerprint density at radius 1 is 1.27 bits per heavy atom. The maximum Gasteiger partial charge on any atom is 0.287 e. The smallest absolute Gasteiger partial charge is 0.287 e. The summed E-state index contributed by atoms with van der Waals surface area (Å²) < 4.78 is 5.33. The monoisotopic (exact) mass is 322 g/mol. The predicted molar refractivity (Wildman–Crippen MR) is 86.1 cm³/mol. The summed E-state index contributed by atoms with van der Waals surface area (Å²) in [6.07, 6.45) is 1.11. The largest absolute Gasteiger partial charge is 0.459 e. The molecule has 2 unspecified atom stereocenters. The summed E-state index contributed by atoms with van der Waals surface area (Å²) in [4.78, 5) is 12.3. The van der Waals surface area contributed by atoms with Crippen LogP contribution in [0.4, 0.5) is 0 Å². The van der Waals surface area contributed by atoms with E-state index in [0.717, 1.165) is 11.1 Å². The van der Waals surface area contributed by atoms with Crippen LogP contribution in [0.25, 0.3) is 11.1 Å². The minimum Gasteiger partial charge on any atom is -0.459 e.